The van der Waals surface area contributed by atoms with Crippen molar-refractivity contribution >= 4 is 23.3 Å². The molecule has 35 heavy (non-hydrogen) atoms. The van der Waals surface area contributed by atoms with Crippen LogP contribution in [-0.4, -0.2) is 11.6 Å². The Hall–Kier alpha value is -1.87. The molecule has 0 atom stereocenters. The minimum Gasteiger partial charge on any atom is -0.294 e. The van der Waals surface area contributed by atoms with Gasteiger partial charge in [-0.15, -0.1) is 0 Å². The molecule has 0 unspecified atom stereocenters. The van der Waals surface area contributed by atoms with Gasteiger partial charge in [-0.1, -0.05) is 127 Å². The lowest BCUT2D eigenvalue weighted by Crippen LogP contribution is -1.99. The Kier molecular flexibility index (Phi) is 15.4. The maximum atomic E-state index is 12.5. The van der Waals surface area contributed by atoms with Gasteiger partial charge in [-0.25, -0.2) is 0 Å². The summed E-state index contributed by atoms with van der Waals surface area (Å²) >= 11 is 1.67. The summed E-state index contributed by atoms with van der Waals surface area (Å²) in [6, 6.07) is 15.9. The van der Waals surface area contributed by atoms with Gasteiger partial charge < -0.3 is 0 Å². The van der Waals surface area contributed by atoms with Crippen molar-refractivity contribution in [3.05, 3.63) is 59.7 Å². The third-order valence-corrected chi connectivity index (χ3v) is 7.62. The highest BCUT2D eigenvalue weighted by atomic mass is 32.2. The molecule has 192 valence electrons. The summed E-state index contributed by atoms with van der Waals surface area (Å²) in [6.07, 6.45) is 18.5. The second-order valence-corrected chi connectivity index (χ2v) is 10.9. The number of benzene rings is 2. The molecule has 3 heteroatoms. The molecule has 0 heterocycles. The summed E-state index contributed by atoms with van der Waals surface area (Å²) in [4.78, 5) is 27.2. The fourth-order valence-electron chi connectivity index (χ4n) is 4.33. The van der Waals surface area contributed by atoms with Crippen LogP contribution in [0.2, 0.25) is 0 Å². The summed E-state index contributed by atoms with van der Waals surface area (Å²) in [5, 5.41) is 0. The Morgan fingerprint density at radius 1 is 0.486 bits per heavy atom. The minimum absolute atomic E-state index is 0.249. The van der Waals surface area contributed by atoms with Gasteiger partial charge in [-0.3, -0.25) is 9.59 Å². The van der Waals surface area contributed by atoms with Crippen molar-refractivity contribution in [2.24, 2.45) is 0 Å². The van der Waals surface area contributed by atoms with Gasteiger partial charge >= 0.3 is 0 Å². The number of carbonyl (C=O) groups is 2. The third kappa shape index (κ3) is 12.6. The Morgan fingerprint density at radius 2 is 0.800 bits per heavy atom. The highest BCUT2D eigenvalue weighted by molar-refractivity contribution is 7.99. The summed E-state index contributed by atoms with van der Waals surface area (Å²) in [6.45, 7) is 4.47. The summed E-state index contributed by atoms with van der Waals surface area (Å²) in [7, 11) is 0. The van der Waals surface area contributed by atoms with Crippen LogP contribution in [0, 0.1) is 0 Å². The number of unbranched alkanes of at least 4 members (excludes halogenated alkanes) is 12. The first-order chi connectivity index (χ1) is 17.1. The van der Waals surface area contributed by atoms with Gasteiger partial charge in [0, 0.05) is 33.8 Å². The van der Waals surface area contributed by atoms with Crippen molar-refractivity contribution in [2.45, 2.75) is 126 Å². The Balaban J connectivity index is 1.69. The molecule has 2 nitrogen and oxygen atoms in total. The van der Waals surface area contributed by atoms with Crippen LogP contribution in [-0.2, 0) is 0 Å². The normalized spacial score (nSPS) is 11.0. The van der Waals surface area contributed by atoms with Gasteiger partial charge in [0.15, 0.2) is 11.6 Å². The largest absolute Gasteiger partial charge is 0.294 e. The molecule has 2 aromatic rings. The maximum absolute atomic E-state index is 12.5. The second-order valence-electron chi connectivity index (χ2n) is 9.74. The van der Waals surface area contributed by atoms with E-state index in [9.17, 15) is 9.59 Å². The van der Waals surface area contributed by atoms with E-state index in [0.717, 1.165) is 46.6 Å². The van der Waals surface area contributed by atoms with Gasteiger partial charge in [-0.2, -0.15) is 0 Å². The molecule has 0 aliphatic heterocycles. The quantitative estimate of drug-likeness (QED) is 0.136. The van der Waals surface area contributed by atoms with Crippen molar-refractivity contribution < 1.29 is 9.59 Å². The maximum Gasteiger partial charge on any atom is 0.162 e. The summed E-state index contributed by atoms with van der Waals surface area (Å²) < 4.78 is 0. The molecule has 0 bridgehead atoms. The third-order valence-electron chi connectivity index (χ3n) is 6.60. The SMILES string of the molecule is CCCCCCCCCC(=O)c1ccc(Sc2ccc(C(=O)CCCCCCCCC)cc2)cc1. The zero-order valence-electron chi connectivity index (χ0n) is 22.2. The average molecular weight is 495 g/mol. The van der Waals surface area contributed by atoms with Crippen LogP contribution in [0.3, 0.4) is 0 Å². The molecule has 2 rings (SSSR count). The summed E-state index contributed by atoms with van der Waals surface area (Å²) in [5.74, 6) is 0.498. The monoisotopic (exact) mass is 494 g/mol. The van der Waals surface area contributed by atoms with Crippen LogP contribution < -0.4 is 0 Å². The van der Waals surface area contributed by atoms with E-state index < -0.39 is 0 Å². The molecule has 2 aromatic carbocycles. The van der Waals surface area contributed by atoms with Crippen LogP contribution in [0.25, 0.3) is 0 Å². The van der Waals surface area contributed by atoms with Gasteiger partial charge in [0.2, 0.25) is 0 Å². The number of hydrogen-bond donors (Lipinski definition) is 0. The average Bonchev–Trinajstić information content (AvgIpc) is 2.88. The smallest absolute Gasteiger partial charge is 0.162 e. The standard InChI is InChI=1S/C32H46O2S/c1-3-5-7-9-11-13-15-17-31(33)27-19-23-29(24-20-27)35-30-25-21-28(22-26-30)32(34)18-16-14-12-10-8-6-4-2/h19-26H,3-18H2,1-2H3. The molecular weight excluding hydrogens is 448 g/mol. The lowest BCUT2D eigenvalue weighted by atomic mass is 10.0. The lowest BCUT2D eigenvalue weighted by molar-refractivity contribution is 0.0971. The van der Waals surface area contributed by atoms with Crippen LogP contribution in [0.4, 0.5) is 0 Å². The van der Waals surface area contributed by atoms with Crippen molar-refractivity contribution in [1.82, 2.24) is 0 Å². The summed E-state index contributed by atoms with van der Waals surface area (Å²) in [5.41, 5.74) is 1.62. The molecule has 0 radical (unpaired) electrons. The van der Waals surface area contributed by atoms with Gasteiger partial charge in [0.1, 0.15) is 0 Å². The Bertz CT molecular complexity index is 767. The number of carbonyl (C=O) groups excluding carboxylic acids is 2. The van der Waals surface area contributed by atoms with E-state index in [0.29, 0.717) is 12.8 Å². The second kappa shape index (κ2) is 18.4. The molecule has 0 saturated heterocycles. The molecule has 0 aliphatic carbocycles. The number of Topliss-reactive ketones (excluding diaryl/α,β-unsaturated/α-hetero) is 2. The first-order valence-corrected chi connectivity index (χ1v) is 14.9. The first-order valence-electron chi connectivity index (χ1n) is 14.1. The predicted molar refractivity (Wildman–Crippen MR) is 151 cm³/mol. The lowest BCUT2D eigenvalue weighted by Gasteiger charge is -2.06. The molecule has 0 amide bonds. The molecule has 0 fully saturated rings. The van der Waals surface area contributed by atoms with E-state index in [2.05, 4.69) is 13.8 Å². The van der Waals surface area contributed by atoms with Gasteiger partial charge in [0.25, 0.3) is 0 Å². The van der Waals surface area contributed by atoms with Crippen molar-refractivity contribution in [1.29, 1.82) is 0 Å². The highest BCUT2D eigenvalue weighted by Crippen LogP contribution is 2.28. The fourth-order valence-corrected chi connectivity index (χ4v) is 5.14. The number of hydrogen-bond acceptors (Lipinski definition) is 3. The zero-order valence-corrected chi connectivity index (χ0v) is 23.0. The van der Waals surface area contributed by atoms with Crippen LogP contribution in [0.15, 0.2) is 58.3 Å². The topological polar surface area (TPSA) is 34.1 Å². The van der Waals surface area contributed by atoms with Crippen LogP contribution in [0.5, 0.6) is 0 Å². The van der Waals surface area contributed by atoms with E-state index in [1.165, 1.54) is 64.2 Å². The minimum atomic E-state index is 0.249. The van der Waals surface area contributed by atoms with E-state index in [-0.39, 0.29) is 11.6 Å². The highest BCUT2D eigenvalue weighted by Gasteiger charge is 2.08. The fraction of sp³-hybridized carbons (Fsp3) is 0.562. The van der Waals surface area contributed by atoms with Gasteiger partial charge in [-0.05, 0) is 37.1 Å². The van der Waals surface area contributed by atoms with Crippen molar-refractivity contribution in [2.75, 3.05) is 0 Å². The molecule has 0 aliphatic rings. The van der Waals surface area contributed by atoms with E-state index in [1.54, 1.807) is 11.8 Å². The Morgan fingerprint density at radius 3 is 1.14 bits per heavy atom. The Labute approximate surface area is 218 Å². The van der Waals surface area contributed by atoms with Crippen LogP contribution >= 0.6 is 11.8 Å². The molecular formula is C32H46O2S. The first kappa shape index (κ1) is 29.4. The zero-order chi connectivity index (χ0) is 25.1. The number of rotatable bonds is 20. The van der Waals surface area contributed by atoms with E-state index >= 15 is 0 Å². The van der Waals surface area contributed by atoms with E-state index in [4.69, 9.17) is 0 Å². The molecule has 0 saturated carbocycles. The molecule has 0 N–H and O–H groups in total. The van der Waals surface area contributed by atoms with E-state index in [1.807, 2.05) is 48.5 Å². The van der Waals surface area contributed by atoms with Gasteiger partial charge in [0.05, 0.1) is 0 Å². The van der Waals surface area contributed by atoms with Crippen LogP contribution in [0.1, 0.15) is 137 Å². The van der Waals surface area contributed by atoms with Crippen molar-refractivity contribution in [3.8, 4) is 0 Å². The molecule has 0 spiro atoms. The van der Waals surface area contributed by atoms with Crippen molar-refractivity contribution in [3.63, 3.8) is 0 Å². The number of ketones is 2. The molecule has 0 aromatic heterocycles. The predicted octanol–water partition coefficient (Wildman–Crippen LogP) is 10.5.